The highest BCUT2D eigenvalue weighted by atomic mass is 16.4. The van der Waals surface area contributed by atoms with Gasteiger partial charge in [-0.25, -0.2) is 4.79 Å². The minimum atomic E-state index is -0.771. The van der Waals surface area contributed by atoms with Crippen molar-refractivity contribution in [3.05, 3.63) is 0 Å². The Hall–Kier alpha value is -1.77. The molecule has 0 aromatic rings. The summed E-state index contributed by atoms with van der Waals surface area (Å²) >= 11 is 0. The fourth-order valence-corrected chi connectivity index (χ4v) is 2.69. The third kappa shape index (κ3) is 4.41. The van der Waals surface area contributed by atoms with Crippen molar-refractivity contribution >= 4 is 12.0 Å². The zero-order valence-corrected chi connectivity index (χ0v) is 12.1. The first-order valence-corrected chi connectivity index (χ1v) is 7.11. The summed E-state index contributed by atoms with van der Waals surface area (Å²) < 4.78 is 0. The molecule has 0 bridgehead atoms. The molecule has 1 aliphatic rings. The number of carbonyl (C=O) groups is 2. The van der Waals surface area contributed by atoms with Gasteiger partial charge in [-0.1, -0.05) is 6.42 Å². The van der Waals surface area contributed by atoms with Gasteiger partial charge in [-0.3, -0.25) is 4.79 Å². The highest BCUT2D eigenvalue weighted by Gasteiger charge is 2.33. The lowest BCUT2D eigenvalue weighted by Crippen LogP contribution is -2.46. The summed E-state index contributed by atoms with van der Waals surface area (Å²) in [7, 11) is 0. The SMILES string of the molecule is CC(C)N(CCC#N)C(=O)NCC1CCCC1C(=O)O. The van der Waals surface area contributed by atoms with E-state index in [2.05, 4.69) is 5.32 Å². The van der Waals surface area contributed by atoms with Crippen LogP contribution in [0.1, 0.15) is 39.5 Å². The number of rotatable bonds is 6. The average Bonchev–Trinajstić information content (AvgIpc) is 2.84. The van der Waals surface area contributed by atoms with Crippen molar-refractivity contribution in [1.29, 1.82) is 5.26 Å². The number of nitrogens with one attached hydrogen (secondary N) is 1. The average molecular weight is 281 g/mol. The molecule has 0 aliphatic heterocycles. The van der Waals surface area contributed by atoms with Gasteiger partial charge in [0.15, 0.2) is 0 Å². The van der Waals surface area contributed by atoms with Crippen LogP contribution in [0.2, 0.25) is 0 Å². The molecule has 6 heteroatoms. The molecule has 112 valence electrons. The van der Waals surface area contributed by atoms with E-state index in [1.807, 2.05) is 19.9 Å². The van der Waals surface area contributed by atoms with Crippen molar-refractivity contribution in [3.63, 3.8) is 0 Å². The Kier molecular flexibility index (Phi) is 6.29. The van der Waals surface area contributed by atoms with Crippen molar-refractivity contribution in [2.75, 3.05) is 13.1 Å². The minimum Gasteiger partial charge on any atom is -0.481 e. The van der Waals surface area contributed by atoms with E-state index in [-0.39, 0.29) is 23.9 Å². The van der Waals surface area contributed by atoms with E-state index in [0.717, 1.165) is 12.8 Å². The Bertz CT molecular complexity index is 390. The third-order valence-corrected chi connectivity index (χ3v) is 3.84. The van der Waals surface area contributed by atoms with Gasteiger partial charge in [0.1, 0.15) is 0 Å². The van der Waals surface area contributed by atoms with Crippen LogP contribution in [-0.4, -0.2) is 41.1 Å². The molecule has 0 aromatic heterocycles. The number of hydrogen-bond acceptors (Lipinski definition) is 3. The first kappa shape index (κ1) is 16.3. The van der Waals surface area contributed by atoms with Gasteiger partial charge < -0.3 is 15.3 Å². The van der Waals surface area contributed by atoms with Crippen LogP contribution in [0.4, 0.5) is 4.79 Å². The van der Waals surface area contributed by atoms with Crippen molar-refractivity contribution < 1.29 is 14.7 Å². The van der Waals surface area contributed by atoms with Gasteiger partial charge in [-0.15, -0.1) is 0 Å². The molecule has 0 aromatic carbocycles. The third-order valence-electron chi connectivity index (χ3n) is 3.84. The van der Waals surface area contributed by atoms with Crippen LogP contribution in [0.15, 0.2) is 0 Å². The highest BCUT2D eigenvalue weighted by Crippen LogP contribution is 2.31. The number of hydrogen-bond donors (Lipinski definition) is 2. The van der Waals surface area contributed by atoms with Gasteiger partial charge in [-0.2, -0.15) is 5.26 Å². The van der Waals surface area contributed by atoms with Crippen LogP contribution >= 0.6 is 0 Å². The van der Waals surface area contributed by atoms with Crippen molar-refractivity contribution in [2.24, 2.45) is 11.8 Å². The molecule has 0 spiro atoms. The number of carboxylic acids is 1. The van der Waals surface area contributed by atoms with E-state index in [1.165, 1.54) is 0 Å². The number of nitriles is 1. The summed E-state index contributed by atoms with van der Waals surface area (Å²) in [5.41, 5.74) is 0. The van der Waals surface area contributed by atoms with E-state index >= 15 is 0 Å². The van der Waals surface area contributed by atoms with E-state index in [0.29, 0.717) is 25.9 Å². The monoisotopic (exact) mass is 281 g/mol. The summed E-state index contributed by atoms with van der Waals surface area (Å²) in [6, 6.07) is 1.83. The molecule has 0 radical (unpaired) electrons. The molecule has 1 rings (SSSR count). The van der Waals surface area contributed by atoms with E-state index in [9.17, 15) is 9.59 Å². The van der Waals surface area contributed by atoms with Gasteiger partial charge in [-0.05, 0) is 32.6 Å². The maximum absolute atomic E-state index is 12.1. The number of carbonyl (C=O) groups excluding carboxylic acids is 1. The fraction of sp³-hybridized carbons (Fsp3) is 0.786. The molecular weight excluding hydrogens is 258 g/mol. The molecule has 1 fully saturated rings. The first-order chi connectivity index (χ1) is 9.47. The van der Waals surface area contributed by atoms with Crippen LogP contribution in [0.5, 0.6) is 0 Å². The molecule has 2 N–H and O–H groups in total. The lowest BCUT2D eigenvalue weighted by atomic mass is 9.96. The standard InChI is InChI=1S/C14H23N3O3/c1-10(2)17(8-4-7-15)14(20)16-9-11-5-3-6-12(11)13(18)19/h10-12H,3-6,8-9H2,1-2H3,(H,16,20)(H,18,19). The summed E-state index contributed by atoms with van der Waals surface area (Å²) in [6.45, 7) is 4.58. The largest absolute Gasteiger partial charge is 0.481 e. The maximum Gasteiger partial charge on any atom is 0.317 e. The predicted molar refractivity (Wildman–Crippen MR) is 73.9 cm³/mol. The van der Waals surface area contributed by atoms with Gasteiger partial charge in [0.2, 0.25) is 0 Å². The predicted octanol–water partition coefficient (Wildman–Crippen LogP) is 1.82. The minimum absolute atomic E-state index is 0.0152. The first-order valence-electron chi connectivity index (χ1n) is 7.11. The Morgan fingerprint density at radius 2 is 2.15 bits per heavy atom. The topological polar surface area (TPSA) is 93.4 Å². The molecular formula is C14H23N3O3. The molecule has 2 amide bonds. The van der Waals surface area contributed by atoms with Crippen LogP contribution in [0.25, 0.3) is 0 Å². The Morgan fingerprint density at radius 3 is 2.70 bits per heavy atom. The lowest BCUT2D eigenvalue weighted by molar-refractivity contribution is -0.142. The normalized spacial score (nSPS) is 21.5. The molecule has 20 heavy (non-hydrogen) atoms. The second-order valence-electron chi connectivity index (χ2n) is 5.52. The van der Waals surface area contributed by atoms with Gasteiger partial charge >= 0.3 is 12.0 Å². The lowest BCUT2D eigenvalue weighted by Gasteiger charge is -2.27. The van der Waals surface area contributed by atoms with Crippen molar-refractivity contribution in [1.82, 2.24) is 10.2 Å². The van der Waals surface area contributed by atoms with Crippen molar-refractivity contribution in [2.45, 2.75) is 45.6 Å². The zero-order chi connectivity index (χ0) is 15.1. The quantitative estimate of drug-likeness (QED) is 0.776. The van der Waals surface area contributed by atoms with E-state index in [4.69, 9.17) is 10.4 Å². The van der Waals surface area contributed by atoms with E-state index < -0.39 is 5.97 Å². The Morgan fingerprint density at radius 1 is 1.45 bits per heavy atom. The summed E-state index contributed by atoms with van der Waals surface area (Å²) in [5.74, 6) is -1.10. The van der Waals surface area contributed by atoms with Crippen LogP contribution in [-0.2, 0) is 4.79 Å². The number of amides is 2. The molecule has 2 unspecified atom stereocenters. The van der Waals surface area contributed by atoms with Gasteiger partial charge in [0.05, 0.1) is 18.4 Å². The second-order valence-corrected chi connectivity index (χ2v) is 5.52. The zero-order valence-electron chi connectivity index (χ0n) is 12.1. The van der Waals surface area contributed by atoms with Crippen LogP contribution in [0, 0.1) is 23.2 Å². The van der Waals surface area contributed by atoms with Crippen molar-refractivity contribution in [3.8, 4) is 6.07 Å². The smallest absolute Gasteiger partial charge is 0.317 e. The second kappa shape index (κ2) is 7.73. The summed E-state index contributed by atoms with van der Waals surface area (Å²) in [5, 5.41) is 20.5. The molecule has 1 saturated carbocycles. The highest BCUT2D eigenvalue weighted by molar-refractivity contribution is 5.75. The molecule has 0 saturated heterocycles. The summed E-state index contributed by atoms with van der Waals surface area (Å²) in [4.78, 5) is 24.8. The number of nitrogens with zero attached hydrogens (tertiary/aromatic N) is 2. The van der Waals surface area contributed by atoms with Gasteiger partial charge in [0, 0.05) is 19.1 Å². The molecule has 1 aliphatic carbocycles. The summed E-state index contributed by atoms with van der Waals surface area (Å²) in [6.07, 6.45) is 2.74. The van der Waals surface area contributed by atoms with E-state index in [1.54, 1.807) is 4.90 Å². The maximum atomic E-state index is 12.1. The van der Waals surface area contributed by atoms with Gasteiger partial charge in [0.25, 0.3) is 0 Å². The van der Waals surface area contributed by atoms with Crippen LogP contribution in [0.3, 0.4) is 0 Å². The Balaban J connectivity index is 2.48. The number of aliphatic carboxylic acids is 1. The molecule has 0 heterocycles. The fourth-order valence-electron chi connectivity index (χ4n) is 2.69. The van der Waals surface area contributed by atoms with Crippen LogP contribution < -0.4 is 5.32 Å². The number of carboxylic acid groups (broad SMARTS) is 1. The molecule has 6 nitrogen and oxygen atoms in total. The molecule has 2 atom stereocenters. The Labute approximate surface area is 119 Å². The number of urea groups is 1.